The summed E-state index contributed by atoms with van der Waals surface area (Å²) in [5.74, 6) is -2.50. The highest BCUT2D eigenvalue weighted by Gasteiger charge is 2.21. The third-order valence-electron chi connectivity index (χ3n) is 4.23. The van der Waals surface area contributed by atoms with Crippen molar-refractivity contribution in [2.45, 2.75) is 24.2 Å². The summed E-state index contributed by atoms with van der Waals surface area (Å²) in [4.78, 5) is 35.2. The Balaban J connectivity index is 1.68. The molecule has 0 aliphatic heterocycles. The second-order valence-electron chi connectivity index (χ2n) is 6.68. The van der Waals surface area contributed by atoms with Crippen LogP contribution in [-0.2, 0) is 35.6 Å². The van der Waals surface area contributed by atoms with Crippen molar-refractivity contribution in [3.63, 3.8) is 0 Å². The quantitative estimate of drug-likeness (QED) is 0.552. The fraction of sp³-hybridized carbons (Fsp3) is 0.286. The van der Waals surface area contributed by atoms with E-state index in [-0.39, 0.29) is 30.7 Å². The molecular weight excluding hydrogens is 427 g/mol. The summed E-state index contributed by atoms with van der Waals surface area (Å²) in [5, 5.41) is 2.13. The first-order valence-electron chi connectivity index (χ1n) is 9.42. The van der Waals surface area contributed by atoms with Crippen LogP contribution in [0.5, 0.6) is 0 Å². The average molecular weight is 450 g/mol. The summed E-state index contributed by atoms with van der Waals surface area (Å²) in [6, 6.07) is 13.3. The molecule has 2 rings (SSSR count). The first kappa shape index (κ1) is 24.2. The number of sulfonamides is 1. The number of nitrogens with zero attached hydrogens (tertiary/aromatic N) is 1. The van der Waals surface area contributed by atoms with Gasteiger partial charge in [0.2, 0.25) is 15.9 Å². The van der Waals surface area contributed by atoms with Crippen molar-refractivity contribution in [3.8, 4) is 0 Å². The van der Waals surface area contributed by atoms with Gasteiger partial charge in [0.25, 0.3) is 5.91 Å². The molecule has 0 fully saturated rings. The van der Waals surface area contributed by atoms with Crippen molar-refractivity contribution in [2.24, 2.45) is 0 Å². The molecule has 0 radical (unpaired) electrons. The summed E-state index contributed by atoms with van der Waals surface area (Å²) < 4.78 is 43.5. The van der Waals surface area contributed by atoms with Crippen LogP contribution in [0.3, 0.4) is 0 Å². The van der Waals surface area contributed by atoms with Crippen LogP contribution in [0.1, 0.15) is 18.4 Å². The number of amides is 2. The SMILES string of the molecule is CN(CCCC(=O)OCC(=O)NC(=O)Cc1ccccc1)S(=O)(=O)c1ccc(F)cc1. The van der Waals surface area contributed by atoms with Crippen LogP contribution in [0.15, 0.2) is 59.5 Å². The van der Waals surface area contributed by atoms with Gasteiger partial charge in [-0.1, -0.05) is 30.3 Å². The molecule has 1 N–H and O–H groups in total. The number of carbonyl (C=O) groups is 3. The first-order valence-corrected chi connectivity index (χ1v) is 10.9. The summed E-state index contributed by atoms with van der Waals surface area (Å²) >= 11 is 0. The molecule has 0 heterocycles. The van der Waals surface area contributed by atoms with E-state index < -0.39 is 40.2 Å². The molecule has 2 amide bonds. The minimum atomic E-state index is -3.81. The number of rotatable bonds is 10. The Kier molecular flexibility index (Phi) is 8.83. The normalized spacial score (nSPS) is 11.2. The van der Waals surface area contributed by atoms with Gasteiger partial charge in [-0.2, -0.15) is 0 Å². The molecule has 0 unspecified atom stereocenters. The molecule has 2 aromatic rings. The Bertz CT molecular complexity index is 1010. The molecule has 10 heteroatoms. The van der Waals surface area contributed by atoms with Crippen LogP contribution in [0, 0.1) is 5.82 Å². The molecule has 0 aliphatic rings. The number of hydrogen-bond acceptors (Lipinski definition) is 6. The van der Waals surface area contributed by atoms with Crippen LogP contribution in [0.2, 0.25) is 0 Å². The van der Waals surface area contributed by atoms with E-state index in [9.17, 15) is 27.2 Å². The van der Waals surface area contributed by atoms with Crippen LogP contribution in [-0.4, -0.2) is 50.7 Å². The number of halogens is 1. The Labute approximate surface area is 180 Å². The van der Waals surface area contributed by atoms with E-state index >= 15 is 0 Å². The molecule has 0 bridgehead atoms. The van der Waals surface area contributed by atoms with Gasteiger partial charge >= 0.3 is 5.97 Å². The topological polar surface area (TPSA) is 110 Å². The zero-order chi connectivity index (χ0) is 22.9. The minimum Gasteiger partial charge on any atom is -0.456 e. The number of carbonyl (C=O) groups excluding carboxylic acids is 3. The van der Waals surface area contributed by atoms with Crippen molar-refractivity contribution < 1.29 is 31.9 Å². The maximum absolute atomic E-state index is 13.0. The molecule has 8 nitrogen and oxygen atoms in total. The lowest BCUT2D eigenvalue weighted by Gasteiger charge is -2.16. The van der Waals surface area contributed by atoms with Gasteiger partial charge in [0.1, 0.15) is 5.82 Å². The minimum absolute atomic E-state index is 0.0232. The van der Waals surface area contributed by atoms with Gasteiger partial charge in [-0.25, -0.2) is 17.1 Å². The van der Waals surface area contributed by atoms with Crippen molar-refractivity contribution in [2.75, 3.05) is 20.2 Å². The van der Waals surface area contributed by atoms with E-state index in [1.54, 1.807) is 24.3 Å². The molecule has 0 atom stereocenters. The zero-order valence-corrected chi connectivity index (χ0v) is 17.7. The smallest absolute Gasteiger partial charge is 0.306 e. The van der Waals surface area contributed by atoms with Gasteiger partial charge < -0.3 is 4.74 Å². The highest BCUT2D eigenvalue weighted by molar-refractivity contribution is 7.89. The third-order valence-corrected chi connectivity index (χ3v) is 6.10. The third kappa shape index (κ3) is 7.91. The van der Waals surface area contributed by atoms with E-state index in [1.807, 2.05) is 6.07 Å². The zero-order valence-electron chi connectivity index (χ0n) is 16.9. The Morgan fingerprint density at radius 1 is 1.00 bits per heavy atom. The fourth-order valence-corrected chi connectivity index (χ4v) is 3.80. The first-order chi connectivity index (χ1) is 14.7. The number of ether oxygens (including phenoxy) is 1. The van der Waals surface area contributed by atoms with Gasteiger partial charge in [0.15, 0.2) is 6.61 Å². The lowest BCUT2D eigenvalue weighted by Crippen LogP contribution is -2.35. The summed E-state index contributed by atoms with van der Waals surface area (Å²) in [5.41, 5.74) is 0.740. The fourth-order valence-electron chi connectivity index (χ4n) is 2.59. The molecule has 31 heavy (non-hydrogen) atoms. The Morgan fingerprint density at radius 3 is 2.29 bits per heavy atom. The summed E-state index contributed by atoms with van der Waals surface area (Å²) in [6.07, 6.45) is 0.0637. The summed E-state index contributed by atoms with van der Waals surface area (Å²) in [7, 11) is -2.46. The molecule has 0 saturated heterocycles. The van der Waals surface area contributed by atoms with Gasteiger partial charge in [0.05, 0.1) is 11.3 Å². The number of nitrogens with one attached hydrogen (secondary N) is 1. The van der Waals surface area contributed by atoms with Crippen LogP contribution < -0.4 is 5.32 Å². The average Bonchev–Trinajstić information content (AvgIpc) is 2.73. The van der Waals surface area contributed by atoms with Crippen molar-refractivity contribution >= 4 is 27.8 Å². The second-order valence-corrected chi connectivity index (χ2v) is 8.72. The molecular formula is C21H23FN2O6S. The number of benzene rings is 2. The van der Waals surface area contributed by atoms with Crippen LogP contribution in [0.4, 0.5) is 4.39 Å². The highest BCUT2D eigenvalue weighted by atomic mass is 32.2. The van der Waals surface area contributed by atoms with E-state index in [1.165, 1.54) is 7.05 Å². The summed E-state index contributed by atoms with van der Waals surface area (Å²) in [6.45, 7) is -0.584. The predicted molar refractivity (Wildman–Crippen MR) is 110 cm³/mol. The molecule has 0 saturated carbocycles. The Morgan fingerprint density at radius 2 is 1.65 bits per heavy atom. The van der Waals surface area contributed by atoms with Crippen LogP contribution in [0.25, 0.3) is 0 Å². The van der Waals surface area contributed by atoms with Crippen molar-refractivity contribution in [1.29, 1.82) is 0 Å². The molecule has 0 aliphatic carbocycles. The van der Waals surface area contributed by atoms with Crippen LogP contribution >= 0.6 is 0 Å². The van der Waals surface area contributed by atoms with Gasteiger partial charge in [0, 0.05) is 20.0 Å². The highest BCUT2D eigenvalue weighted by Crippen LogP contribution is 2.15. The van der Waals surface area contributed by atoms with Gasteiger partial charge in [-0.15, -0.1) is 0 Å². The maximum atomic E-state index is 13.0. The molecule has 0 spiro atoms. The largest absolute Gasteiger partial charge is 0.456 e. The number of esters is 1. The van der Waals surface area contributed by atoms with Gasteiger partial charge in [-0.3, -0.25) is 19.7 Å². The predicted octanol–water partition coefficient (Wildman–Crippen LogP) is 1.66. The lowest BCUT2D eigenvalue weighted by molar-refractivity contribution is -0.149. The number of imide groups is 1. The molecule has 166 valence electrons. The number of hydrogen-bond donors (Lipinski definition) is 1. The van der Waals surface area contributed by atoms with Crippen molar-refractivity contribution in [3.05, 3.63) is 66.0 Å². The lowest BCUT2D eigenvalue weighted by atomic mass is 10.1. The van der Waals surface area contributed by atoms with E-state index in [4.69, 9.17) is 4.74 Å². The van der Waals surface area contributed by atoms with Gasteiger partial charge in [-0.05, 0) is 36.2 Å². The van der Waals surface area contributed by atoms with Crippen molar-refractivity contribution in [1.82, 2.24) is 9.62 Å². The van der Waals surface area contributed by atoms with E-state index in [2.05, 4.69) is 5.32 Å². The Hall–Kier alpha value is -3.11. The monoisotopic (exact) mass is 450 g/mol. The van der Waals surface area contributed by atoms with E-state index in [0.717, 1.165) is 34.1 Å². The standard InChI is InChI=1S/C21H23FN2O6S/c1-24(31(28,29)18-11-9-17(22)10-12-18)13-5-8-21(27)30-15-20(26)23-19(25)14-16-6-3-2-4-7-16/h2-4,6-7,9-12H,5,8,13-15H2,1H3,(H,23,25,26). The van der Waals surface area contributed by atoms with E-state index in [0.29, 0.717) is 0 Å². The maximum Gasteiger partial charge on any atom is 0.306 e. The second kappa shape index (κ2) is 11.3. The molecule has 2 aromatic carbocycles. The molecule has 0 aromatic heterocycles.